The fourth-order valence-electron chi connectivity index (χ4n) is 4.85. The number of fused-ring (bicyclic) bond motifs is 1. The Morgan fingerprint density at radius 2 is 2.08 bits per heavy atom. The summed E-state index contributed by atoms with van der Waals surface area (Å²) in [5.41, 5.74) is 3.98. The molecule has 40 heavy (non-hydrogen) atoms. The molecule has 3 heterocycles. The molecule has 208 valence electrons. The van der Waals surface area contributed by atoms with Gasteiger partial charge in [0.15, 0.2) is 17.2 Å². The lowest BCUT2D eigenvalue weighted by molar-refractivity contribution is 0.0691. The highest BCUT2D eigenvalue weighted by molar-refractivity contribution is 6.30. The average molecular weight is 566 g/mol. The molecule has 1 atom stereocenters. The molecular formula is C29H29ClFN5O4. The van der Waals surface area contributed by atoms with Crippen LogP contribution in [0.2, 0.25) is 5.02 Å². The van der Waals surface area contributed by atoms with Crippen LogP contribution < -0.4 is 4.74 Å². The summed E-state index contributed by atoms with van der Waals surface area (Å²) in [5.74, 6) is -0.160. The van der Waals surface area contributed by atoms with Gasteiger partial charge in [-0.2, -0.15) is 9.37 Å². The fraction of sp³-hybridized carbons (Fsp3) is 0.345. The number of imidazole rings is 1. The van der Waals surface area contributed by atoms with Crippen LogP contribution in [-0.4, -0.2) is 49.3 Å². The van der Waals surface area contributed by atoms with Crippen LogP contribution in [0.4, 0.5) is 4.39 Å². The van der Waals surface area contributed by atoms with E-state index in [1.165, 1.54) is 6.07 Å². The normalized spacial score (nSPS) is 15.3. The van der Waals surface area contributed by atoms with Crippen LogP contribution in [0.1, 0.15) is 52.5 Å². The Morgan fingerprint density at radius 3 is 2.80 bits per heavy atom. The van der Waals surface area contributed by atoms with E-state index >= 15 is 0 Å². The summed E-state index contributed by atoms with van der Waals surface area (Å²) >= 11 is 6.02. The number of carboxylic acid groups (broad SMARTS) is 1. The molecule has 0 saturated heterocycles. The zero-order valence-corrected chi connectivity index (χ0v) is 23.0. The number of nitrogens with zero attached hydrogens (tertiary/aromatic N) is 5. The lowest BCUT2D eigenvalue weighted by Crippen LogP contribution is -2.15. The van der Waals surface area contributed by atoms with Crippen LogP contribution in [-0.2, 0) is 24.3 Å². The number of rotatable bonds is 10. The van der Waals surface area contributed by atoms with E-state index in [1.54, 1.807) is 19.2 Å². The summed E-state index contributed by atoms with van der Waals surface area (Å²) in [6.07, 6.45) is 6.32. The number of pyridine rings is 1. The molecule has 0 fully saturated rings. The molecule has 1 aliphatic rings. The highest BCUT2D eigenvalue weighted by Crippen LogP contribution is 2.32. The van der Waals surface area contributed by atoms with Crippen LogP contribution in [0.5, 0.6) is 5.88 Å². The maximum absolute atomic E-state index is 14.4. The Bertz CT molecular complexity index is 1590. The first-order chi connectivity index (χ1) is 19.3. The number of allylic oxidation sites excluding steroid dienone is 2. The van der Waals surface area contributed by atoms with E-state index < -0.39 is 11.8 Å². The zero-order chi connectivity index (χ0) is 28.2. The summed E-state index contributed by atoms with van der Waals surface area (Å²) in [5, 5.41) is 10.0. The molecule has 0 radical (unpaired) electrons. The van der Waals surface area contributed by atoms with Gasteiger partial charge < -0.3 is 19.1 Å². The first-order valence-corrected chi connectivity index (χ1v) is 13.4. The van der Waals surface area contributed by atoms with Crippen molar-refractivity contribution in [3.8, 4) is 5.88 Å². The van der Waals surface area contributed by atoms with Crippen LogP contribution in [0.25, 0.3) is 16.7 Å². The predicted molar refractivity (Wildman–Crippen MR) is 148 cm³/mol. The van der Waals surface area contributed by atoms with Gasteiger partial charge in [-0.05, 0) is 73.1 Å². The van der Waals surface area contributed by atoms with E-state index in [1.807, 2.05) is 23.6 Å². The molecule has 5 rings (SSSR count). The molecule has 0 amide bonds. The van der Waals surface area contributed by atoms with Gasteiger partial charge in [-0.1, -0.05) is 23.7 Å². The Kier molecular flexibility index (Phi) is 8.37. The molecule has 1 aromatic carbocycles. The minimum Gasteiger partial charge on any atom is -0.477 e. The van der Waals surface area contributed by atoms with Crippen LogP contribution in [0.3, 0.4) is 0 Å². The summed E-state index contributed by atoms with van der Waals surface area (Å²) in [7, 11) is 1.62. The number of hydrogen-bond donors (Lipinski definition) is 1. The predicted octanol–water partition coefficient (Wildman–Crippen LogP) is 5.67. The third-order valence-corrected chi connectivity index (χ3v) is 7.30. The van der Waals surface area contributed by atoms with Crippen molar-refractivity contribution in [1.29, 1.82) is 0 Å². The number of halogens is 2. The second kappa shape index (κ2) is 12.1. The van der Waals surface area contributed by atoms with Gasteiger partial charge in [-0.25, -0.2) is 19.7 Å². The van der Waals surface area contributed by atoms with Crippen LogP contribution in [0, 0.1) is 18.7 Å². The van der Waals surface area contributed by atoms with E-state index in [2.05, 4.69) is 21.0 Å². The first kappa shape index (κ1) is 27.7. The first-order valence-electron chi connectivity index (χ1n) is 13.0. The van der Waals surface area contributed by atoms with Gasteiger partial charge in [0.25, 0.3) is 5.88 Å². The van der Waals surface area contributed by atoms with Gasteiger partial charge in [0.2, 0.25) is 5.82 Å². The smallest absolute Gasteiger partial charge is 0.354 e. The van der Waals surface area contributed by atoms with E-state index in [0.717, 1.165) is 48.0 Å². The third-order valence-electron chi connectivity index (χ3n) is 7.07. The summed E-state index contributed by atoms with van der Waals surface area (Å²) in [4.78, 5) is 29.1. The molecule has 1 N–H and O–H groups in total. The lowest BCUT2D eigenvalue weighted by atomic mass is 9.87. The topological polar surface area (TPSA) is 112 Å². The number of ether oxygens (including phenoxy) is 2. The molecule has 0 spiro atoms. The van der Waals surface area contributed by atoms with E-state index in [0.29, 0.717) is 47.5 Å². The number of hydrogen-bond acceptors (Lipinski definition) is 7. The molecule has 0 bridgehead atoms. The Hall–Kier alpha value is -3.89. The second-order valence-electron chi connectivity index (χ2n) is 9.80. The van der Waals surface area contributed by atoms with Crippen molar-refractivity contribution in [1.82, 2.24) is 24.5 Å². The number of carboxylic acids is 1. The second-order valence-corrected chi connectivity index (χ2v) is 10.2. The standard InChI is InChI=1S/C29H29ClFN5O4/c1-17-13-21(30)8-7-20(17)16-40-28-22(31)15-32-26(35-28)19-5-3-18(4-6-19)14-25-33-23-9-10-24(29(37)38)34-27(23)36(25)11-12-39-2/h5,7-10,13,15,18H,3-4,6,11-12,14,16H2,1-2H3,(H,37,38). The Morgan fingerprint density at radius 1 is 1.23 bits per heavy atom. The van der Waals surface area contributed by atoms with Crippen molar-refractivity contribution in [3.63, 3.8) is 0 Å². The van der Waals surface area contributed by atoms with Gasteiger partial charge in [0, 0.05) is 25.1 Å². The van der Waals surface area contributed by atoms with Crippen molar-refractivity contribution in [2.45, 2.75) is 45.8 Å². The number of aryl methyl sites for hydroxylation is 1. The highest BCUT2D eigenvalue weighted by atomic mass is 35.5. The maximum atomic E-state index is 14.4. The number of benzene rings is 1. The minimum absolute atomic E-state index is 0.0196. The number of aromatic nitrogens is 5. The largest absolute Gasteiger partial charge is 0.477 e. The van der Waals surface area contributed by atoms with Crippen molar-refractivity contribution in [2.75, 3.05) is 13.7 Å². The van der Waals surface area contributed by atoms with Crippen molar-refractivity contribution >= 4 is 34.3 Å². The van der Waals surface area contributed by atoms with E-state index in [4.69, 9.17) is 26.1 Å². The molecule has 0 saturated carbocycles. The zero-order valence-electron chi connectivity index (χ0n) is 22.2. The lowest BCUT2D eigenvalue weighted by Gasteiger charge is -2.21. The van der Waals surface area contributed by atoms with Gasteiger partial charge in [0.05, 0.1) is 12.8 Å². The third kappa shape index (κ3) is 6.13. The van der Waals surface area contributed by atoms with Crippen LogP contribution in [0.15, 0.2) is 42.6 Å². The molecule has 4 aromatic rings. The number of carbonyl (C=O) groups is 1. The molecule has 3 aromatic heterocycles. The van der Waals surface area contributed by atoms with Crippen molar-refractivity contribution in [2.24, 2.45) is 5.92 Å². The molecular weight excluding hydrogens is 537 g/mol. The number of methoxy groups -OCH3 is 1. The van der Waals surface area contributed by atoms with Gasteiger partial charge in [-0.15, -0.1) is 0 Å². The average Bonchev–Trinajstić information content (AvgIpc) is 3.28. The monoisotopic (exact) mass is 565 g/mol. The summed E-state index contributed by atoms with van der Waals surface area (Å²) < 4.78 is 27.4. The quantitative estimate of drug-likeness (QED) is 0.262. The van der Waals surface area contributed by atoms with Gasteiger partial charge >= 0.3 is 5.97 Å². The maximum Gasteiger partial charge on any atom is 0.354 e. The molecule has 1 unspecified atom stereocenters. The molecule has 1 aliphatic carbocycles. The van der Waals surface area contributed by atoms with Gasteiger partial charge in [-0.3, -0.25) is 0 Å². The summed E-state index contributed by atoms with van der Waals surface area (Å²) in [6, 6.07) is 8.62. The SMILES string of the molecule is COCCn1c(CC2CC=C(c3ncc(F)c(OCc4ccc(Cl)cc4C)n3)CC2)nc2ccc(C(=O)O)nc21. The molecule has 0 aliphatic heterocycles. The minimum atomic E-state index is -1.08. The number of aromatic carboxylic acids is 1. The highest BCUT2D eigenvalue weighted by Gasteiger charge is 2.22. The molecule has 11 heteroatoms. The van der Waals surface area contributed by atoms with Crippen molar-refractivity contribution in [3.05, 3.63) is 81.9 Å². The Labute approximate surface area is 235 Å². The fourth-order valence-corrected chi connectivity index (χ4v) is 5.08. The molecule has 9 nitrogen and oxygen atoms in total. The van der Waals surface area contributed by atoms with Crippen molar-refractivity contribution < 1.29 is 23.8 Å². The van der Waals surface area contributed by atoms with E-state index in [9.17, 15) is 14.3 Å². The van der Waals surface area contributed by atoms with Gasteiger partial charge in [0.1, 0.15) is 17.9 Å². The Balaban J connectivity index is 1.29. The van der Waals surface area contributed by atoms with E-state index in [-0.39, 0.29) is 18.2 Å². The van der Waals surface area contributed by atoms with Crippen LogP contribution >= 0.6 is 11.6 Å². The summed E-state index contributed by atoms with van der Waals surface area (Å²) in [6.45, 7) is 3.07.